The summed E-state index contributed by atoms with van der Waals surface area (Å²) in [5, 5.41) is 1.51. The van der Waals surface area contributed by atoms with Gasteiger partial charge in [-0.25, -0.2) is 0 Å². The van der Waals surface area contributed by atoms with Crippen LogP contribution in [0.5, 0.6) is 0 Å². The van der Waals surface area contributed by atoms with Crippen LogP contribution in [0, 0.1) is 10.5 Å². The van der Waals surface area contributed by atoms with Crippen LogP contribution in [0.25, 0.3) is 0 Å². The van der Waals surface area contributed by atoms with E-state index in [1.165, 1.54) is 15.3 Å². The number of aryl methyl sites for hydroxylation is 1. The molecule has 1 heterocycles. The molecule has 2 nitrogen and oxygen atoms in total. The summed E-state index contributed by atoms with van der Waals surface area (Å²) in [6.45, 7) is 2.05. The number of aliphatic imine (C=N–C) groups is 1. The molecule has 3 aromatic rings. The summed E-state index contributed by atoms with van der Waals surface area (Å²) >= 11 is 13.3. The zero-order chi connectivity index (χ0) is 17.1. The van der Waals surface area contributed by atoms with E-state index < -0.39 is 0 Å². The zero-order valence-electron chi connectivity index (χ0n) is 12.6. The lowest BCUT2D eigenvalue weighted by Gasteiger charge is -2.00. The zero-order valence-corrected chi connectivity index (χ0v) is 17.9. The molecular formula is C18H12BrClINOS. The lowest BCUT2D eigenvalue weighted by molar-refractivity contribution is 0.466. The SMILES string of the molecule is Cc1cc(I)ccc1N=Cc1cc(Br)c(Sc2ccc(Cl)cc2)o1. The summed E-state index contributed by atoms with van der Waals surface area (Å²) < 4.78 is 7.97. The van der Waals surface area contributed by atoms with Gasteiger partial charge < -0.3 is 4.42 Å². The number of halogens is 3. The standard InChI is InChI=1S/C18H12BrClINOS/c1-11-8-13(21)4-7-17(11)22-10-14-9-16(19)18(23-14)24-15-5-2-12(20)3-6-15/h2-10H,1H3. The van der Waals surface area contributed by atoms with Gasteiger partial charge >= 0.3 is 0 Å². The average Bonchev–Trinajstić information content (AvgIpc) is 2.89. The highest BCUT2D eigenvalue weighted by Gasteiger charge is 2.10. The fourth-order valence-electron chi connectivity index (χ4n) is 2.01. The Morgan fingerprint density at radius 3 is 2.62 bits per heavy atom. The monoisotopic (exact) mass is 531 g/mol. The molecule has 0 amide bonds. The van der Waals surface area contributed by atoms with Gasteiger partial charge in [0.15, 0.2) is 5.09 Å². The number of benzene rings is 2. The Morgan fingerprint density at radius 1 is 1.17 bits per heavy atom. The first kappa shape index (κ1) is 18.0. The van der Waals surface area contributed by atoms with Crippen LogP contribution in [-0.2, 0) is 0 Å². The van der Waals surface area contributed by atoms with Gasteiger partial charge in [-0.05, 0) is 93.5 Å². The van der Waals surface area contributed by atoms with Gasteiger partial charge in [0.05, 0.1) is 16.4 Å². The highest BCUT2D eigenvalue weighted by molar-refractivity contribution is 14.1. The number of furan rings is 1. The lowest BCUT2D eigenvalue weighted by atomic mass is 10.2. The molecule has 0 radical (unpaired) electrons. The number of hydrogen-bond donors (Lipinski definition) is 0. The van der Waals surface area contributed by atoms with Crippen LogP contribution >= 0.6 is 61.9 Å². The smallest absolute Gasteiger partial charge is 0.179 e. The van der Waals surface area contributed by atoms with E-state index in [2.05, 4.69) is 56.5 Å². The van der Waals surface area contributed by atoms with Crippen LogP contribution in [0.4, 0.5) is 5.69 Å². The van der Waals surface area contributed by atoms with Crippen molar-refractivity contribution in [3.05, 3.63) is 72.9 Å². The van der Waals surface area contributed by atoms with Gasteiger partial charge in [-0.3, -0.25) is 4.99 Å². The first-order chi connectivity index (χ1) is 11.5. The summed E-state index contributed by atoms with van der Waals surface area (Å²) in [7, 11) is 0. The molecule has 0 fully saturated rings. The minimum atomic E-state index is 0.705. The van der Waals surface area contributed by atoms with Crippen molar-refractivity contribution in [1.82, 2.24) is 0 Å². The largest absolute Gasteiger partial charge is 0.447 e. The molecule has 0 N–H and O–H groups in total. The van der Waals surface area contributed by atoms with Gasteiger partial charge in [-0.2, -0.15) is 0 Å². The third kappa shape index (κ3) is 4.65. The van der Waals surface area contributed by atoms with Crippen molar-refractivity contribution in [3.8, 4) is 0 Å². The Morgan fingerprint density at radius 2 is 1.92 bits per heavy atom. The highest BCUT2D eigenvalue weighted by Crippen LogP contribution is 2.36. The molecule has 24 heavy (non-hydrogen) atoms. The van der Waals surface area contributed by atoms with Crippen LogP contribution < -0.4 is 0 Å². The summed E-state index contributed by atoms with van der Waals surface area (Å²) in [4.78, 5) is 5.58. The van der Waals surface area contributed by atoms with Crippen molar-refractivity contribution in [1.29, 1.82) is 0 Å². The van der Waals surface area contributed by atoms with Crippen molar-refractivity contribution in [3.63, 3.8) is 0 Å². The fraction of sp³-hybridized carbons (Fsp3) is 0.0556. The molecule has 0 aliphatic rings. The molecule has 3 rings (SSSR count). The lowest BCUT2D eigenvalue weighted by Crippen LogP contribution is -1.79. The minimum absolute atomic E-state index is 0.705. The second kappa shape index (κ2) is 8.08. The number of hydrogen-bond acceptors (Lipinski definition) is 3. The molecule has 0 aliphatic carbocycles. The van der Waals surface area contributed by atoms with E-state index in [-0.39, 0.29) is 0 Å². The maximum Gasteiger partial charge on any atom is 0.179 e. The van der Waals surface area contributed by atoms with Gasteiger partial charge in [-0.15, -0.1) is 0 Å². The first-order valence-electron chi connectivity index (χ1n) is 7.04. The fourth-order valence-corrected chi connectivity index (χ4v) is 4.11. The second-order valence-electron chi connectivity index (χ2n) is 5.03. The molecule has 0 saturated carbocycles. The van der Waals surface area contributed by atoms with E-state index in [4.69, 9.17) is 16.0 Å². The van der Waals surface area contributed by atoms with Gasteiger partial charge in [0, 0.05) is 19.6 Å². The molecule has 0 atom stereocenters. The molecular weight excluding hydrogens is 521 g/mol. The summed E-state index contributed by atoms with van der Waals surface area (Å²) in [5.41, 5.74) is 2.08. The van der Waals surface area contributed by atoms with Crippen molar-refractivity contribution in [2.75, 3.05) is 0 Å². The Kier molecular flexibility index (Phi) is 6.07. The van der Waals surface area contributed by atoms with Crippen LogP contribution in [0.15, 0.2) is 72.4 Å². The molecule has 0 bridgehead atoms. The molecule has 0 spiro atoms. The van der Waals surface area contributed by atoms with Crippen LogP contribution in [0.3, 0.4) is 0 Å². The van der Waals surface area contributed by atoms with Crippen molar-refractivity contribution >= 4 is 73.8 Å². The van der Waals surface area contributed by atoms with E-state index in [9.17, 15) is 0 Å². The molecule has 122 valence electrons. The number of rotatable bonds is 4. The summed E-state index contributed by atoms with van der Waals surface area (Å²) in [6, 6.07) is 15.7. The van der Waals surface area contributed by atoms with E-state index in [0.29, 0.717) is 5.76 Å². The van der Waals surface area contributed by atoms with Crippen LogP contribution in [0.1, 0.15) is 11.3 Å². The van der Waals surface area contributed by atoms with E-state index in [0.717, 1.165) is 30.7 Å². The maximum atomic E-state index is 5.91. The van der Waals surface area contributed by atoms with Gasteiger partial charge in [0.2, 0.25) is 0 Å². The summed E-state index contributed by atoms with van der Waals surface area (Å²) in [6.07, 6.45) is 1.74. The van der Waals surface area contributed by atoms with E-state index in [1.54, 1.807) is 6.21 Å². The van der Waals surface area contributed by atoms with E-state index in [1.807, 2.05) is 42.5 Å². The molecule has 0 saturated heterocycles. The van der Waals surface area contributed by atoms with Gasteiger partial charge in [0.25, 0.3) is 0 Å². The topological polar surface area (TPSA) is 25.5 Å². The van der Waals surface area contributed by atoms with Crippen molar-refractivity contribution in [2.45, 2.75) is 16.9 Å². The minimum Gasteiger partial charge on any atom is -0.447 e. The Hall–Kier alpha value is -0.760. The normalized spacial score (nSPS) is 11.3. The van der Waals surface area contributed by atoms with Crippen LogP contribution in [0.2, 0.25) is 5.02 Å². The van der Waals surface area contributed by atoms with Crippen LogP contribution in [-0.4, -0.2) is 6.21 Å². The first-order valence-corrected chi connectivity index (χ1v) is 10.1. The van der Waals surface area contributed by atoms with Crippen molar-refractivity contribution in [2.24, 2.45) is 4.99 Å². The second-order valence-corrected chi connectivity index (χ2v) is 8.61. The Labute approximate surface area is 172 Å². The molecule has 2 aromatic carbocycles. The predicted octanol–water partition coefficient (Wildman–Crippen LogP) is 7.51. The average molecular weight is 533 g/mol. The quantitative estimate of drug-likeness (QED) is 0.257. The highest BCUT2D eigenvalue weighted by atomic mass is 127. The van der Waals surface area contributed by atoms with Gasteiger partial charge in [-0.1, -0.05) is 23.4 Å². The van der Waals surface area contributed by atoms with Crippen molar-refractivity contribution < 1.29 is 4.42 Å². The summed E-state index contributed by atoms with van der Waals surface area (Å²) in [5.74, 6) is 0.705. The molecule has 1 aromatic heterocycles. The molecule has 0 unspecified atom stereocenters. The molecule has 0 aliphatic heterocycles. The number of nitrogens with zero attached hydrogens (tertiary/aromatic N) is 1. The van der Waals surface area contributed by atoms with Gasteiger partial charge in [0.1, 0.15) is 5.76 Å². The third-order valence-corrected chi connectivity index (χ3v) is 5.96. The maximum absolute atomic E-state index is 5.91. The molecule has 6 heteroatoms. The third-order valence-electron chi connectivity index (χ3n) is 3.19. The van der Waals surface area contributed by atoms with E-state index >= 15 is 0 Å². The Balaban J connectivity index is 1.78. The Bertz CT molecular complexity index is 893. The predicted molar refractivity (Wildman–Crippen MR) is 113 cm³/mol.